The molecule has 2 N–H and O–H groups in total. The average molecular weight is 358 g/mol. The Kier molecular flexibility index (Phi) is 6.20. The lowest BCUT2D eigenvalue weighted by atomic mass is 10.1. The molecule has 0 saturated carbocycles. The van der Waals surface area contributed by atoms with Gasteiger partial charge in [0.15, 0.2) is 0 Å². The molecular weight excluding hydrogens is 334 g/mol. The summed E-state index contributed by atoms with van der Waals surface area (Å²) in [4.78, 5) is 13.6. The summed E-state index contributed by atoms with van der Waals surface area (Å²) in [5.74, 6) is 1.86. The van der Waals surface area contributed by atoms with Gasteiger partial charge in [0.2, 0.25) is 11.8 Å². The molecule has 6 nitrogen and oxygen atoms in total. The first-order chi connectivity index (χ1) is 10.1. The highest BCUT2D eigenvalue weighted by Crippen LogP contribution is 2.23. The Morgan fingerprint density at radius 2 is 2.19 bits per heavy atom. The minimum atomic E-state index is 0.542. The Bertz CT molecular complexity index is 459. The van der Waals surface area contributed by atoms with E-state index in [1.165, 1.54) is 0 Å². The number of rotatable bonds is 5. The summed E-state index contributed by atoms with van der Waals surface area (Å²) < 4.78 is 6.03. The van der Waals surface area contributed by atoms with Crippen molar-refractivity contribution in [1.82, 2.24) is 14.9 Å². The molecule has 0 aromatic carbocycles. The van der Waals surface area contributed by atoms with Crippen LogP contribution >= 0.6 is 15.9 Å². The number of ether oxygens (including phenoxy) is 1. The Labute approximate surface area is 134 Å². The van der Waals surface area contributed by atoms with Gasteiger partial charge in [0.25, 0.3) is 0 Å². The van der Waals surface area contributed by atoms with Gasteiger partial charge in [-0.05, 0) is 41.4 Å². The van der Waals surface area contributed by atoms with E-state index >= 15 is 0 Å². The van der Waals surface area contributed by atoms with E-state index < -0.39 is 0 Å². The van der Waals surface area contributed by atoms with Crippen molar-refractivity contribution in [3.63, 3.8) is 0 Å². The van der Waals surface area contributed by atoms with Crippen LogP contribution in [0.1, 0.15) is 13.3 Å². The van der Waals surface area contributed by atoms with Gasteiger partial charge in [0.1, 0.15) is 0 Å². The summed E-state index contributed by atoms with van der Waals surface area (Å²) in [6, 6.07) is 0. The van der Waals surface area contributed by atoms with Crippen molar-refractivity contribution in [3.8, 4) is 5.88 Å². The molecule has 1 aromatic rings. The molecule has 0 amide bonds. The Hall–Kier alpha value is -0.920. The number of methoxy groups -OCH3 is 1. The minimum Gasteiger partial charge on any atom is -0.480 e. The normalized spacial score (nSPS) is 18.4. The Morgan fingerprint density at radius 1 is 1.38 bits per heavy atom. The molecule has 0 radical (unpaired) electrons. The van der Waals surface area contributed by atoms with Crippen LogP contribution in [-0.2, 0) is 0 Å². The smallest absolute Gasteiger partial charge is 0.232 e. The maximum Gasteiger partial charge on any atom is 0.232 e. The summed E-state index contributed by atoms with van der Waals surface area (Å²) >= 11 is 3.39. The van der Waals surface area contributed by atoms with Crippen LogP contribution in [-0.4, -0.2) is 61.2 Å². The van der Waals surface area contributed by atoms with Gasteiger partial charge >= 0.3 is 0 Å². The molecule has 2 rings (SSSR count). The van der Waals surface area contributed by atoms with Crippen LogP contribution in [0, 0.1) is 5.92 Å². The van der Waals surface area contributed by atoms with Crippen molar-refractivity contribution < 1.29 is 4.74 Å². The van der Waals surface area contributed by atoms with E-state index in [1.807, 2.05) is 0 Å². The molecule has 0 spiro atoms. The first kappa shape index (κ1) is 16.5. The number of anilines is 1. The third-order valence-electron chi connectivity index (χ3n) is 3.74. The molecule has 1 saturated heterocycles. The topological polar surface area (TPSA) is 67.5 Å². The molecule has 118 valence electrons. The summed E-state index contributed by atoms with van der Waals surface area (Å²) in [5.41, 5.74) is 5.72. The predicted octanol–water partition coefficient (Wildman–Crippen LogP) is 1.35. The third-order valence-corrected chi connectivity index (χ3v) is 4.28. The SMILES string of the molecule is COc1nc(N2CCCN(CC(C)CN)CC2)ncc1Br. The van der Waals surface area contributed by atoms with Crippen LogP contribution in [0.15, 0.2) is 10.7 Å². The van der Waals surface area contributed by atoms with Gasteiger partial charge < -0.3 is 20.3 Å². The van der Waals surface area contributed by atoms with Gasteiger partial charge in [-0.15, -0.1) is 0 Å². The monoisotopic (exact) mass is 357 g/mol. The van der Waals surface area contributed by atoms with Crippen molar-refractivity contribution in [2.75, 3.05) is 51.3 Å². The van der Waals surface area contributed by atoms with Crippen molar-refractivity contribution >= 4 is 21.9 Å². The van der Waals surface area contributed by atoms with Crippen molar-refractivity contribution in [2.24, 2.45) is 11.7 Å². The molecular formula is C14H24BrN5O. The highest BCUT2D eigenvalue weighted by molar-refractivity contribution is 9.10. The average Bonchev–Trinajstić information content (AvgIpc) is 2.73. The second-order valence-electron chi connectivity index (χ2n) is 5.51. The van der Waals surface area contributed by atoms with Gasteiger partial charge in [0, 0.05) is 26.2 Å². The summed E-state index contributed by atoms with van der Waals surface area (Å²) in [5, 5.41) is 0. The molecule has 1 aliphatic heterocycles. The number of hydrogen-bond donors (Lipinski definition) is 1. The Morgan fingerprint density at radius 3 is 2.90 bits per heavy atom. The van der Waals surface area contributed by atoms with Gasteiger partial charge in [0.05, 0.1) is 17.8 Å². The lowest BCUT2D eigenvalue weighted by molar-refractivity contribution is 0.255. The van der Waals surface area contributed by atoms with E-state index in [1.54, 1.807) is 13.3 Å². The number of hydrogen-bond acceptors (Lipinski definition) is 6. The second-order valence-corrected chi connectivity index (χ2v) is 6.36. The maximum absolute atomic E-state index is 5.72. The first-order valence-corrected chi connectivity index (χ1v) is 8.17. The van der Waals surface area contributed by atoms with Gasteiger partial charge in [-0.25, -0.2) is 4.98 Å². The first-order valence-electron chi connectivity index (χ1n) is 7.38. The van der Waals surface area contributed by atoms with Crippen LogP contribution in [0.2, 0.25) is 0 Å². The number of nitrogens with two attached hydrogens (primary N) is 1. The second kappa shape index (κ2) is 7.91. The zero-order valence-corrected chi connectivity index (χ0v) is 14.3. The van der Waals surface area contributed by atoms with Crippen LogP contribution in [0.5, 0.6) is 5.88 Å². The van der Waals surface area contributed by atoms with Crippen molar-refractivity contribution in [1.29, 1.82) is 0 Å². The van der Waals surface area contributed by atoms with E-state index in [0.717, 1.165) is 56.1 Å². The molecule has 0 bridgehead atoms. The van der Waals surface area contributed by atoms with E-state index in [9.17, 15) is 0 Å². The standard InChI is InChI=1S/C14H24BrN5O/c1-11(8-16)10-19-4-3-5-20(7-6-19)14-17-9-12(15)13(18-14)21-2/h9,11H,3-8,10,16H2,1-2H3. The molecule has 1 fully saturated rings. The largest absolute Gasteiger partial charge is 0.480 e. The lowest BCUT2D eigenvalue weighted by Gasteiger charge is -2.24. The van der Waals surface area contributed by atoms with Gasteiger partial charge in [-0.2, -0.15) is 4.98 Å². The van der Waals surface area contributed by atoms with Crippen LogP contribution < -0.4 is 15.4 Å². The quantitative estimate of drug-likeness (QED) is 0.857. The fraction of sp³-hybridized carbons (Fsp3) is 0.714. The molecule has 7 heteroatoms. The Balaban J connectivity index is 1.99. The fourth-order valence-corrected chi connectivity index (χ4v) is 2.86. The highest BCUT2D eigenvalue weighted by Gasteiger charge is 2.19. The summed E-state index contributed by atoms with van der Waals surface area (Å²) in [6.07, 6.45) is 2.86. The summed E-state index contributed by atoms with van der Waals surface area (Å²) in [6.45, 7) is 8.04. The zero-order chi connectivity index (χ0) is 15.2. The lowest BCUT2D eigenvalue weighted by Crippen LogP contribution is -2.35. The zero-order valence-electron chi connectivity index (χ0n) is 12.8. The van der Waals surface area contributed by atoms with Crippen LogP contribution in [0.25, 0.3) is 0 Å². The highest BCUT2D eigenvalue weighted by atomic mass is 79.9. The number of nitrogens with zero attached hydrogens (tertiary/aromatic N) is 4. The predicted molar refractivity (Wildman–Crippen MR) is 87.8 cm³/mol. The van der Waals surface area contributed by atoms with Crippen molar-refractivity contribution in [3.05, 3.63) is 10.7 Å². The summed E-state index contributed by atoms with van der Waals surface area (Å²) in [7, 11) is 1.62. The number of aromatic nitrogens is 2. The van der Waals surface area contributed by atoms with Crippen molar-refractivity contribution in [2.45, 2.75) is 13.3 Å². The van der Waals surface area contributed by atoms with Crippen LogP contribution in [0.4, 0.5) is 5.95 Å². The number of halogens is 1. The molecule has 21 heavy (non-hydrogen) atoms. The molecule has 1 aliphatic rings. The van der Waals surface area contributed by atoms with Crippen LogP contribution in [0.3, 0.4) is 0 Å². The molecule has 1 aromatic heterocycles. The van der Waals surface area contributed by atoms with E-state index in [2.05, 4.69) is 42.6 Å². The van der Waals surface area contributed by atoms with Gasteiger partial charge in [-0.3, -0.25) is 0 Å². The maximum atomic E-state index is 5.72. The minimum absolute atomic E-state index is 0.542. The molecule has 2 heterocycles. The van der Waals surface area contributed by atoms with Gasteiger partial charge in [-0.1, -0.05) is 6.92 Å². The van der Waals surface area contributed by atoms with E-state index in [4.69, 9.17) is 10.5 Å². The molecule has 1 atom stereocenters. The fourth-order valence-electron chi connectivity index (χ4n) is 2.51. The van der Waals surface area contributed by atoms with E-state index in [-0.39, 0.29) is 0 Å². The molecule has 0 aliphatic carbocycles. The molecule has 1 unspecified atom stereocenters. The third kappa shape index (κ3) is 4.52. The van der Waals surface area contributed by atoms with E-state index in [0.29, 0.717) is 11.8 Å².